The molecule has 1 atom stereocenters. The van der Waals surface area contributed by atoms with Gasteiger partial charge in [0, 0.05) is 5.56 Å². The second-order valence-electron chi connectivity index (χ2n) is 6.35. The van der Waals surface area contributed by atoms with Gasteiger partial charge >= 0.3 is 0 Å². The van der Waals surface area contributed by atoms with E-state index in [0.717, 1.165) is 18.7 Å². The van der Waals surface area contributed by atoms with Crippen molar-refractivity contribution in [3.8, 4) is 5.75 Å². The van der Waals surface area contributed by atoms with Crippen molar-refractivity contribution in [2.45, 2.75) is 33.0 Å². The van der Waals surface area contributed by atoms with E-state index in [-0.39, 0.29) is 6.23 Å². The first kappa shape index (κ1) is 14.1. The Balaban J connectivity index is 1.53. The van der Waals surface area contributed by atoms with E-state index in [9.17, 15) is 0 Å². The van der Waals surface area contributed by atoms with E-state index in [2.05, 4.69) is 78.1 Å². The van der Waals surface area contributed by atoms with Crippen molar-refractivity contribution in [2.75, 3.05) is 0 Å². The molecule has 3 nitrogen and oxygen atoms in total. The van der Waals surface area contributed by atoms with E-state index in [1.807, 2.05) is 6.07 Å². The van der Waals surface area contributed by atoms with Crippen LogP contribution < -0.4 is 9.30 Å². The van der Waals surface area contributed by atoms with Crippen LogP contribution >= 0.6 is 0 Å². The number of hydrogen-bond donors (Lipinski definition) is 0. The molecule has 1 aliphatic heterocycles. The summed E-state index contributed by atoms with van der Waals surface area (Å²) >= 11 is 0. The van der Waals surface area contributed by atoms with Gasteiger partial charge in [-0.2, -0.15) is 4.57 Å². The van der Waals surface area contributed by atoms with E-state index in [0.29, 0.717) is 0 Å². The standard InChI is InChI=1S/C20H21N2O/c1-15-10-16(2)18-12-20(23-19(18)11-15)22-9-8-21(14-22)13-17-6-4-3-5-7-17/h3-11,14,20H,12-13H2,1-2H3/q+1. The van der Waals surface area contributed by atoms with Crippen LogP contribution in [0.2, 0.25) is 0 Å². The molecule has 0 saturated carbocycles. The summed E-state index contributed by atoms with van der Waals surface area (Å²) in [5.74, 6) is 1.04. The zero-order valence-corrected chi connectivity index (χ0v) is 13.6. The van der Waals surface area contributed by atoms with Gasteiger partial charge in [-0.1, -0.05) is 36.4 Å². The second kappa shape index (κ2) is 5.58. The van der Waals surface area contributed by atoms with Gasteiger partial charge in [-0.15, -0.1) is 0 Å². The molecule has 0 aliphatic carbocycles. The van der Waals surface area contributed by atoms with Crippen LogP contribution in [0.25, 0.3) is 0 Å². The lowest BCUT2D eigenvalue weighted by Crippen LogP contribution is -2.32. The largest absolute Gasteiger partial charge is 0.451 e. The van der Waals surface area contributed by atoms with Crippen molar-refractivity contribution in [1.82, 2.24) is 4.57 Å². The molecule has 23 heavy (non-hydrogen) atoms. The predicted molar refractivity (Wildman–Crippen MR) is 89.5 cm³/mol. The van der Waals surface area contributed by atoms with Crippen LogP contribution in [0, 0.1) is 13.8 Å². The molecule has 3 aromatic rings. The lowest BCUT2D eigenvalue weighted by Gasteiger charge is -2.06. The molecule has 2 heterocycles. The molecule has 0 N–H and O–H groups in total. The molecule has 116 valence electrons. The van der Waals surface area contributed by atoms with Gasteiger partial charge in [-0.25, -0.2) is 4.57 Å². The summed E-state index contributed by atoms with van der Waals surface area (Å²) in [5.41, 5.74) is 5.22. The van der Waals surface area contributed by atoms with Gasteiger partial charge < -0.3 is 4.74 Å². The van der Waals surface area contributed by atoms with Gasteiger partial charge in [0.1, 0.15) is 24.7 Å². The highest BCUT2D eigenvalue weighted by atomic mass is 16.5. The summed E-state index contributed by atoms with van der Waals surface area (Å²) in [6.07, 6.45) is 7.33. The predicted octanol–water partition coefficient (Wildman–Crippen LogP) is 3.57. The number of hydrogen-bond acceptors (Lipinski definition) is 1. The smallest absolute Gasteiger partial charge is 0.247 e. The van der Waals surface area contributed by atoms with Crippen molar-refractivity contribution in [1.29, 1.82) is 0 Å². The molecule has 0 fully saturated rings. The molecule has 0 saturated heterocycles. The average molecular weight is 305 g/mol. The molecule has 1 unspecified atom stereocenters. The van der Waals surface area contributed by atoms with Crippen molar-refractivity contribution < 1.29 is 9.30 Å². The van der Waals surface area contributed by atoms with Crippen molar-refractivity contribution in [2.24, 2.45) is 0 Å². The summed E-state index contributed by atoms with van der Waals surface area (Å²) in [6.45, 7) is 5.17. The lowest BCUT2D eigenvalue weighted by atomic mass is 10.0. The van der Waals surface area contributed by atoms with E-state index >= 15 is 0 Å². The summed E-state index contributed by atoms with van der Waals surface area (Å²) < 4.78 is 10.5. The molecular weight excluding hydrogens is 284 g/mol. The average Bonchev–Trinajstić information content (AvgIpc) is 3.15. The maximum absolute atomic E-state index is 6.17. The van der Waals surface area contributed by atoms with Crippen LogP contribution in [-0.2, 0) is 13.0 Å². The van der Waals surface area contributed by atoms with Gasteiger partial charge in [0.05, 0.1) is 6.42 Å². The SMILES string of the molecule is Cc1cc(C)c2c(c1)OC(n1cc[n+](Cc3ccccc3)c1)C2. The molecule has 4 rings (SSSR count). The fourth-order valence-corrected chi connectivity index (χ4v) is 3.32. The number of ether oxygens (including phenoxy) is 1. The Morgan fingerprint density at radius 2 is 2.00 bits per heavy atom. The first-order chi connectivity index (χ1) is 11.2. The quantitative estimate of drug-likeness (QED) is 0.677. The molecule has 0 bridgehead atoms. The molecular formula is C20H21N2O+. The summed E-state index contributed by atoms with van der Waals surface area (Å²) in [7, 11) is 0. The zero-order chi connectivity index (χ0) is 15.8. The minimum absolute atomic E-state index is 0.0579. The van der Waals surface area contributed by atoms with Crippen LogP contribution in [0.15, 0.2) is 61.2 Å². The maximum Gasteiger partial charge on any atom is 0.247 e. The monoisotopic (exact) mass is 305 g/mol. The molecule has 0 spiro atoms. The Morgan fingerprint density at radius 3 is 2.83 bits per heavy atom. The normalized spacial score (nSPS) is 16.2. The highest BCUT2D eigenvalue weighted by Crippen LogP contribution is 2.36. The molecule has 0 radical (unpaired) electrons. The van der Waals surface area contributed by atoms with Gasteiger partial charge in [-0.3, -0.25) is 0 Å². The topological polar surface area (TPSA) is 18.0 Å². The van der Waals surface area contributed by atoms with Gasteiger partial charge in [-0.05, 0) is 36.6 Å². The van der Waals surface area contributed by atoms with Crippen LogP contribution in [0.4, 0.5) is 0 Å². The molecule has 1 aliphatic rings. The Labute approximate surface area is 136 Å². The minimum atomic E-state index is 0.0579. The van der Waals surface area contributed by atoms with Crippen molar-refractivity contribution in [3.63, 3.8) is 0 Å². The Morgan fingerprint density at radius 1 is 1.17 bits per heavy atom. The van der Waals surface area contributed by atoms with Gasteiger partial charge in [0.2, 0.25) is 12.6 Å². The van der Waals surface area contributed by atoms with E-state index < -0.39 is 0 Å². The van der Waals surface area contributed by atoms with E-state index in [1.54, 1.807) is 0 Å². The number of aryl methyl sites for hydroxylation is 2. The van der Waals surface area contributed by atoms with Crippen molar-refractivity contribution >= 4 is 0 Å². The van der Waals surface area contributed by atoms with Crippen LogP contribution in [0.3, 0.4) is 0 Å². The number of fused-ring (bicyclic) bond motifs is 1. The number of nitrogens with zero attached hydrogens (tertiary/aromatic N) is 2. The maximum atomic E-state index is 6.17. The molecule has 0 amide bonds. The van der Waals surface area contributed by atoms with Crippen molar-refractivity contribution in [3.05, 3.63) is 83.4 Å². The van der Waals surface area contributed by atoms with Crippen LogP contribution in [-0.4, -0.2) is 4.57 Å². The first-order valence-corrected chi connectivity index (χ1v) is 8.06. The molecule has 2 aromatic carbocycles. The highest BCUT2D eigenvalue weighted by molar-refractivity contribution is 5.45. The molecule has 1 aromatic heterocycles. The summed E-state index contributed by atoms with van der Waals surface area (Å²) in [4.78, 5) is 0. The fourth-order valence-electron chi connectivity index (χ4n) is 3.32. The number of benzene rings is 2. The second-order valence-corrected chi connectivity index (χ2v) is 6.35. The first-order valence-electron chi connectivity index (χ1n) is 8.06. The third kappa shape index (κ3) is 2.74. The van der Waals surface area contributed by atoms with Gasteiger partial charge in [0.15, 0.2) is 0 Å². The third-order valence-electron chi connectivity index (χ3n) is 4.47. The Hall–Kier alpha value is -2.55. The Kier molecular flexibility index (Phi) is 3.41. The summed E-state index contributed by atoms with van der Waals surface area (Å²) in [5, 5.41) is 0. The zero-order valence-electron chi connectivity index (χ0n) is 13.6. The third-order valence-corrected chi connectivity index (χ3v) is 4.47. The van der Waals surface area contributed by atoms with E-state index in [4.69, 9.17) is 4.74 Å². The number of imidazole rings is 1. The molecule has 3 heteroatoms. The van der Waals surface area contributed by atoms with Gasteiger partial charge in [0.25, 0.3) is 0 Å². The highest BCUT2D eigenvalue weighted by Gasteiger charge is 2.29. The Bertz CT molecular complexity index is 836. The number of aromatic nitrogens is 2. The van der Waals surface area contributed by atoms with Crippen LogP contribution in [0.5, 0.6) is 5.75 Å². The van der Waals surface area contributed by atoms with Crippen LogP contribution in [0.1, 0.15) is 28.5 Å². The lowest BCUT2D eigenvalue weighted by molar-refractivity contribution is -0.688. The van der Waals surface area contributed by atoms with E-state index in [1.165, 1.54) is 22.3 Å². The number of rotatable bonds is 3. The minimum Gasteiger partial charge on any atom is -0.451 e. The summed E-state index contributed by atoms with van der Waals surface area (Å²) in [6, 6.07) is 14.9. The fraction of sp³-hybridized carbons (Fsp3) is 0.250.